The zero-order valence-electron chi connectivity index (χ0n) is 17.9. The molecule has 1 aliphatic rings. The predicted octanol–water partition coefficient (Wildman–Crippen LogP) is 3.28. The standard InChI is InChI=1S/C24H25FN4O3/c1-14(2)22(15-7-9-17(25)10-8-15)28-21(30)13-29-23(31)20(27-24(29)32)11-16-12-26-19-6-4-3-5-18(16)19/h3-10,12,14,20,22,26H,11,13H2,1-2H3,(H,27,32)(H,28,30)/t20-,22+/m1/s1. The normalized spacial score (nSPS) is 17.1. The van der Waals surface area contributed by atoms with E-state index in [-0.39, 0.29) is 24.3 Å². The first-order valence-corrected chi connectivity index (χ1v) is 10.5. The molecule has 0 radical (unpaired) electrons. The van der Waals surface area contributed by atoms with Crippen LogP contribution in [0.4, 0.5) is 9.18 Å². The number of carbonyl (C=O) groups is 3. The van der Waals surface area contributed by atoms with Crippen LogP contribution in [0.5, 0.6) is 0 Å². The number of nitrogens with zero attached hydrogens (tertiary/aromatic N) is 1. The average Bonchev–Trinajstić information content (AvgIpc) is 3.29. The van der Waals surface area contributed by atoms with E-state index < -0.39 is 23.9 Å². The highest BCUT2D eigenvalue weighted by atomic mass is 19.1. The number of fused-ring (bicyclic) bond motifs is 1. The van der Waals surface area contributed by atoms with Gasteiger partial charge in [-0.3, -0.25) is 14.5 Å². The fraction of sp³-hybridized carbons (Fsp3) is 0.292. The van der Waals surface area contributed by atoms with E-state index in [4.69, 9.17) is 0 Å². The van der Waals surface area contributed by atoms with Crippen LogP contribution in [-0.4, -0.2) is 40.3 Å². The van der Waals surface area contributed by atoms with Crippen molar-refractivity contribution in [2.45, 2.75) is 32.4 Å². The first-order valence-electron chi connectivity index (χ1n) is 10.5. The van der Waals surface area contributed by atoms with Gasteiger partial charge in [0.1, 0.15) is 18.4 Å². The van der Waals surface area contributed by atoms with Crippen LogP contribution < -0.4 is 10.6 Å². The molecule has 7 nitrogen and oxygen atoms in total. The van der Waals surface area contributed by atoms with Crippen molar-refractivity contribution in [3.63, 3.8) is 0 Å². The number of para-hydroxylation sites is 1. The van der Waals surface area contributed by atoms with Crippen LogP contribution in [0.25, 0.3) is 10.9 Å². The third-order valence-corrected chi connectivity index (χ3v) is 5.72. The van der Waals surface area contributed by atoms with Gasteiger partial charge in [-0.2, -0.15) is 0 Å². The van der Waals surface area contributed by atoms with Gasteiger partial charge in [0.15, 0.2) is 0 Å². The number of urea groups is 1. The van der Waals surface area contributed by atoms with Gasteiger partial charge in [0.25, 0.3) is 5.91 Å². The highest BCUT2D eigenvalue weighted by Gasteiger charge is 2.39. The third kappa shape index (κ3) is 4.34. The summed E-state index contributed by atoms with van der Waals surface area (Å²) in [7, 11) is 0. The molecule has 0 aliphatic carbocycles. The largest absolute Gasteiger partial charge is 0.361 e. The van der Waals surface area contributed by atoms with Crippen molar-refractivity contribution < 1.29 is 18.8 Å². The van der Waals surface area contributed by atoms with E-state index in [0.29, 0.717) is 6.42 Å². The Kier molecular flexibility index (Phi) is 5.94. The van der Waals surface area contributed by atoms with E-state index in [9.17, 15) is 18.8 Å². The molecular formula is C24H25FN4O3. The number of H-pyrrole nitrogens is 1. The van der Waals surface area contributed by atoms with Gasteiger partial charge in [0, 0.05) is 23.5 Å². The Morgan fingerprint density at radius 3 is 2.56 bits per heavy atom. The molecule has 4 rings (SSSR count). The van der Waals surface area contributed by atoms with Gasteiger partial charge in [-0.05, 0) is 35.2 Å². The summed E-state index contributed by atoms with van der Waals surface area (Å²) in [4.78, 5) is 42.0. The highest BCUT2D eigenvalue weighted by Crippen LogP contribution is 2.23. The molecule has 3 aromatic rings. The van der Waals surface area contributed by atoms with Crippen LogP contribution >= 0.6 is 0 Å². The minimum absolute atomic E-state index is 0.0298. The summed E-state index contributed by atoms with van der Waals surface area (Å²) >= 11 is 0. The molecule has 0 bridgehead atoms. The van der Waals surface area contributed by atoms with Crippen molar-refractivity contribution in [1.82, 2.24) is 20.5 Å². The number of rotatable bonds is 7. The fourth-order valence-electron chi connectivity index (χ4n) is 4.05. The van der Waals surface area contributed by atoms with Crippen molar-refractivity contribution in [2.75, 3.05) is 6.54 Å². The topological polar surface area (TPSA) is 94.3 Å². The number of aromatic nitrogens is 1. The smallest absolute Gasteiger partial charge is 0.325 e. The van der Waals surface area contributed by atoms with E-state index in [0.717, 1.165) is 26.9 Å². The maximum Gasteiger partial charge on any atom is 0.325 e. The molecule has 0 unspecified atom stereocenters. The summed E-state index contributed by atoms with van der Waals surface area (Å²) in [6.45, 7) is 3.48. The predicted molar refractivity (Wildman–Crippen MR) is 118 cm³/mol. The number of aromatic amines is 1. The first kappa shape index (κ1) is 21.5. The SMILES string of the molecule is CC(C)[C@H](NC(=O)CN1C(=O)N[C@H](Cc2c[nH]c3ccccc23)C1=O)c1ccc(F)cc1. The average molecular weight is 436 g/mol. The molecule has 0 saturated carbocycles. The number of imide groups is 1. The van der Waals surface area contributed by atoms with Crippen molar-refractivity contribution in [1.29, 1.82) is 0 Å². The Hall–Kier alpha value is -3.68. The van der Waals surface area contributed by atoms with Crippen LogP contribution in [0.1, 0.15) is 31.0 Å². The molecular weight excluding hydrogens is 411 g/mol. The molecule has 2 heterocycles. The van der Waals surface area contributed by atoms with Gasteiger partial charge < -0.3 is 15.6 Å². The molecule has 2 aromatic carbocycles. The molecule has 8 heteroatoms. The summed E-state index contributed by atoms with van der Waals surface area (Å²) in [6, 6.07) is 11.9. The van der Waals surface area contributed by atoms with Gasteiger partial charge in [-0.1, -0.05) is 44.2 Å². The zero-order chi connectivity index (χ0) is 22.8. The Bertz CT molecular complexity index is 1160. The Morgan fingerprint density at radius 2 is 1.84 bits per heavy atom. The lowest BCUT2D eigenvalue weighted by atomic mass is 9.96. The van der Waals surface area contributed by atoms with Crippen molar-refractivity contribution in [3.05, 3.63) is 71.7 Å². The second kappa shape index (κ2) is 8.82. The van der Waals surface area contributed by atoms with Crippen LogP contribution in [0.2, 0.25) is 0 Å². The van der Waals surface area contributed by atoms with Gasteiger partial charge in [-0.15, -0.1) is 0 Å². The molecule has 1 saturated heterocycles. The maximum absolute atomic E-state index is 13.3. The highest BCUT2D eigenvalue weighted by molar-refractivity contribution is 6.06. The lowest BCUT2D eigenvalue weighted by Gasteiger charge is -2.24. The number of hydrogen-bond donors (Lipinski definition) is 3. The van der Waals surface area contributed by atoms with Crippen LogP contribution in [-0.2, 0) is 16.0 Å². The summed E-state index contributed by atoms with van der Waals surface area (Å²) in [5.41, 5.74) is 2.63. The van der Waals surface area contributed by atoms with Gasteiger partial charge in [0.05, 0.1) is 6.04 Å². The summed E-state index contributed by atoms with van der Waals surface area (Å²) in [5, 5.41) is 6.53. The lowest BCUT2D eigenvalue weighted by molar-refractivity contribution is -0.132. The Morgan fingerprint density at radius 1 is 1.12 bits per heavy atom. The van der Waals surface area contributed by atoms with Gasteiger partial charge in [0.2, 0.25) is 5.91 Å². The van der Waals surface area contributed by atoms with Crippen LogP contribution in [0, 0.1) is 11.7 Å². The van der Waals surface area contributed by atoms with Crippen molar-refractivity contribution in [2.24, 2.45) is 5.92 Å². The molecule has 32 heavy (non-hydrogen) atoms. The summed E-state index contributed by atoms with van der Waals surface area (Å²) in [6.07, 6.45) is 2.16. The number of carbonyl (C=O) groups excluding carboxylic acids is 3. The van der Waals surface area contributed by atoms with Crippen LogP contribution in [0.15, 0.2) is 54.7 Å². The minimum Gasteiger partial charge on any atom is -0.361 e. The quantitative estimate of drug-likeness (QED) is 0.496. The van der Waals surface area contributed by atoms with E-state index in [1.807, 2.05) is 44.3 Å². The maximum atomic E-state index is 13.3. The summed E-state index contributed by atoms with van der Waals surface area (Å²) < 4.78 is 13.3. The number of nitrogens with one attached hydrogen (secondary N) is 3. The molecule has 2 atom stereocenters. The Labute approximate surface area is 185 Å². The Balaban J connectivity index is 1.42. The monoisotopic (exact) mass is 436 g/mol. The van der Waals surface area contributed by atoms with Crippen molar-refractivity contribution in [3.8, 4) is 0 Å². The summed E-state index contributed by atoms with van der Waals surface area (Å²) in [5.74, 6) is -1.21. The van der Waals surface area contributed by atoms with Gasteiger partial charge in [-0.25, -0.2) is 9.18 Å². The van der Waals surface area contributed by atoms with Gasteiger partial charge >= 0.3 is 6.03 Å². The minimum atomic E-state index is -0.729. The lowest BCUT2D eigenvalue weighted by Crippen LogP contribution is -2.43. The fourth-order valence-corrected chi connectivity index (χ4v) is 4.05. The van der Waals surface area contributed by atoms with E-state index in [1.165, 1.54) is 12.1 Å². The first-order chi connectivity index (χ1) is 15.3. The molecule has 1 fully saturated rings. The number of halogens is 1. The number of amides is 4. The molecule has 166 valence electrons. The number of benzene rings is 2. The molecule has 0 spiro atoms. The van der Waals surface area contributed by atoms with Crippen molar-refractivity contribution >= 4 is 28.7 Å². The number of hydrogen-bond acceptors (Lipinski definition) is 3. The van der Waals surface area contributed by atoms with E-state index in [1.54, 1.807) is 12.1 Å². The molecule has 3 N–H and O–H groups in total. The molecule has 4 amide bonds. The van der Waals surface area contributed by atoms with E-state index >= 15 is 0 Å². The zero-order valence-corrected chi connectivity index (χ0v) is 17.9. The molecule has 1 aromatic heterocycles. The van der Waals surface area contributed by atoms with E-state index in [2.05, 4.69) is 15.6 Å². The second-order valence-corrected chi connectivity index (χ2v) is 8.33. The third-order valence-electron chi connectivity index (χ3n) is 5.72. The second-order valence-electron chi connectivity index (χ2n) is 8.33. The van der Waals surface area contributed by atoms with Crippen LogP contribution in [0.3, 0.4) is 0 Å². The molecule has 1 aliphatic heterocycles.